The van der Waals surface area contributed by atoms with Crippen LogP contribution in [-0.4, -0.2) is 23.7 Å². The summed E-state index contributed by atoms with van der Waals surface area (Å²) in [5, 5.41) is 11.7. The summed E-state index contributed by atoms with van der Waals surface area (Å²) in [5.41, 5.74) is 1.03. The van der Waals surface area contributed by atoms with Crippen LogP contribution >= 0.6 is 0 Å². The zero-order chi connectivity index (χ0) is 15.0. The molecule has 0 saturated carbocycles. The first-order chi connectivity index (χ1) is 9.52. The molecule has 0 spiro atoms. The van der Waals surface area contributed by atoms with E-state index in [0.29, 0.717) is 19.3 Å². The second-order valence-electron chi connectivity index (χ2n) is 5.21. The molecule has 1 rings (SSSR count). The Morgan fingerprint density at radius 2 is 2.05 bits per heavy atom. The SMILES string of the molecule is CC(C)Oc1cccc(C(C)NC(=O)CCCCO)c1. The smallest absolute Gasteiger partial charge is 0.220 e. The minimum Gasteiger partial charge on any atom is -0.491 e. The van der Waals surface area contributed by atoms with Crippen LogP contribution in [0.25, 0.3) is 0 Å². The molecule has 1 aromatic carbocycles. The highest BCUT2D eigenvalue weighted by Gasteiger charge is 2.10. The van der Waals surface area contributed by atoms with Gasteiger partial charge >= 0.3 is 0 Å². The molecule has 4 heteroatoms. The van der Waals surface area contributed by atoms with Crippen molar-refractivity contribution in [1.29, 1.82) is 0 Å². The van der Waals surface area contributed by atoms with E-state index in [0.717, 1.165) is 11.3 Å². The lowest BCUT2D eigenvalue weighted by Gasteiger charge is -2.16. The topological polar surface area (TPSA) is 58.6 Å². The molecule has 20 heavy (non-hydrogen) atoms. The van der Waals surface area contributed by atoms with Crippen molar-refractivity contribution in [3.05, 3.63) is 29.8 Å². The normalized spacial score (nSPS) is 12.2. The van der Waals surface area contributed by atoms with E-state index in [1.807, 2.05) is 45.0 Å². The van der Waals surface area contributed by atoms with Gasteiger partial charge in [-0.25, -0.2) is 0 Å². The maximum absolute atomic E-state index is 11.7. The number of aliphatic hydroxyl groups excluding tert-OH is 1. The third-order valence-corrected chi connectivity index (χ3v) is 2.92. The molecule has 0 aliphatic rings. The van der Waals surface area contributed by atoms with E-state index in [4.69, 9.17) is 9.84 Å². The van der Waals surface area contributed by atoms with Gasteiger partial charge in [0.25, 0.3) is 0 Å². The molecule has 0 saturated heterocycles. The largest absolute Gasteiger partial charge is 0.491 e. The molecule has 1 aromatic rings. The molecular weight excluding hydrogens is 254 g/mol. The Bertz CT molecular complexity index is 418. The molecule has 1 atom stereocenters. The molecule has 0 aliphatic carbocycles. The number of ether oxygens (including phenoxy) is 1. The van der Waals surface area contributed by atoms with Gasteiger partial charge < -0.3 is 15.2 Å². The molecule has 0 aromatic heterocycles. The summed E-state index contributed by atoms with van der Waals surface area (Å²) in [6, 6.07) is 7.73. The van der Waals surface area contributed by atoms with Crippen molar-refractivity contribution < 1.29 is 14.6 Å². The minimum atomic E-state index is -0.0488. The van der Waals surface area contributed by atoms with Crippen LogP contribution in [0.1, 0.15) is 51.6 Å². The molecular formula is C16H25NO3. The fourth-order valence-corrected chi connectivity index (χ4v) is 1.92. The van der Waals surface area contributed by atoms with E-state index in [1.165, 1.54) is 0 Å². The molecule has 0 radical (unpaired) electrons. The number of rotatable bonds is 8. The van der Waals surface area contributed by atoms with Crippen LogP contribution in [0.5, 0.6) is 5.75 Å². The van der Waals surface area contributed by atoms with E-state index < -0.39 is 0 Å². The predicted molar refractivity (Wildman–Crippen MR) is 79.7 cm³/mol. The number of carbonyl (C=O) groups is 1. The van der Waals surface area contributed by atoms with E-state index in [1.54, 1.807) is 0 Å². The summed E-state index contributed by atoms with van der Waals surface area (Å²) in [6.07, 6.45) is 1.96. The molecule has 4 nitrogen and oxygen atoms in total. The Labute approximate surface area is 121 Å². The van der Waals surface area contributed by atoms with Gasteiger partial charge in [-0.1, -0.05) is 12.1 Å². The highest BCUT2D eigenvalue weighted by Crippen LogP contribution is 2.20. The van der Waals surface area contributed by atoms with Crippen LogP contribution in [0, 0.1) is 0 Å². The molecule has 112 valence electrons. The van der Waals surface area contributed by atoms with Crippen LogP contribution < -0.4 is 10.1 Å². The summed E-state index contributed by atoms with van der Waals surface area (Å²) >= 11 is 0. The summed E-state index contributed by atoms with van der Waals surface area (Å²) in [4.78, 5) is 11.7. The van der Waals surface area contributed by atoms with Crippen molar-refractivity contribution in [1.82, 2.24) is 5.32 Å². The van der Waals surface area contributed by atoms with Gasteiger partial charge in [0.05, 0.1) is 12.1 Å². The van der Waals surface area contributed by atoms with Crippen LogP contribution in [-0.2, 0) is 4.79 Å². The molecule has 1 amide bonds. The third-order valence-electron chi connectivity index (χ3n) is 2.92. The van der Waals surface area contributed by atoms with Gasteiger partial charge in [0.15, 0.2) is 0 Å². The first-order valence-electron chi connectivity index (χ1n) is 7.19. The van der Waals surface area contributed by atoms with Crippen molar-refractivity contribution >= 4 is 5.91 Å². The number of carbonyl (C=O) groups excluding carboxylic acids is 1. The van der Waals surface area contributed by atoms with Crippen LogP contribution in [0.4, 0.5) is 0 Å². The van der Waals surface area contributed by atoms with Gasteiger partial charge in [-0.15, -0.1) is 0 Å². The van der Waals surface area contributed by atoms with Crippen molar-refractivity contribution in [3.8, 4) is 5.75 Å². The minimum absolute atomic E-state index is 0.0149. The van der Waals surface area contributed by atoms with Gasteiger partial charge in [0, 0.05) is 13.0 Å². The van der Waals surface area contributed by atoms with Crippen LogP contribution in [0.15, 0.2) is 24.3 Å². The zero-order valence-electron chi connectivity index (χ0n) is 12.6. The maximum Gasteiger partial charge on any atom is 0.220 e. The Morgan fingerprint density at radius 1 is 1.30 bits per heavy atom. The van der Waals surface area contributed by atoms with Crippen molar-refractivity contribution in [3.63, 3.8) is 0 Å². The average Bonchev–Trinajstić information content (AvgIpc) is 2.38. The quantitative estimate of drug-likeness (QED) is 0.719. The second kappa shape index (κ2) is 8.59. The fourth-order valence-electron chi connectivity index (χ4n) is 1.92. The predicted octanol–water partition coefficient (Wildman–Crippen LogP) is 2.81. The average molecular weight is 279 g/mol. The highest BCUT2D eigenvalue weighted by atomic mass is 16.5. The van der Waals surface area contributed by atoms with Crippen LogP contribution in [0.2, 0.25) is 0 Å². The lowest BCUT2D eigenvalue weighted by Crippen LogP contribution is -2.26. The van der Waals surface area contributed by atoms with Gasteiger partial charge in [0.1, 0.15) is 5.75 Å². The number of hydrogen-bond acceptors (Lipinski definition) is 3. The van der Waals surface area contributed by atoms with Gasteiger partial charge in [-0.05, 0) is 51.3 Å². The molecule has 1 unspecified atom stereocenters. The fraction of sp³-hybridized carbons (Fsp3) is 0.562. The Morgan fingerprint density at radius 3 is 2.70 bits per heavy atom. The van der Waals surface area contributed by atoms with Crippen LogP contribution in [0.3, 0.4) is 0 Å². The second-order valence-corrected chi connectivity index (χ2v) is 5.21. The van der Waals surface area contributed by atoms with E-state index in [9.17, 15) is 4.79 Å². The van der Waals surface area contributed by atoms with Gasteiger partial charge in [0.2, 0.25) is 5.91 Å². The van der Waals surface area contributed by atoms with Crippen molar-refractivity contribution in [2.24, 2.45) is 0 Å². The monoisotopic (exact) mass is 279 g/mol. The zero-order valence-corrected chi connectivity index (χ0v) is 12.6. The lowest BCUT2D eigenvalue weighted by atomic mass is 10.1. The molecule has 2 N–H and O–H groups in total. The number of aliphatic hydroxyl groups is 1. The maximum atomic E-state index is 11.7. The Kier molecular flexibility index (Phi) is 7.09. The van der Waals surface area contributed by atoms with E-state index in [2.05, 4.69) is 5.32 Å². The number of unbranched alkanes of at least 4 members (excludes halogenated alkanes) is 1. The number of amides is 1. The number of benzene rings is 1. The van der Waals surface area contributed by atoms with Crippen molar-refractivity contribution in [2.75, 3.05) is 6.61 Å². The first-order valence-corrected chi connectivity index (χ1v) is 7.19. The lowest BCUT2D eigenvalue weighted by molar-refractivity contribution is -0.121. The number of hydrogen-bond donors (Lipinski definition) is 2. The van der Waals surface area contributed by atoms with Gasteiger partial charge in [-0.2, -0.15) is 0 Å². The summed E-state index contributed by atoms with van der Waals surface area (Å²) in [7, 11) is 0. The molecule has 0 heterocycles. The van der Waals surface area contributed by atoms with E-state index >= 15 is 0 Å². The molecule has 0 aliphatic heterocycles. The summed E-state index contributed by atoms with van der Waals surface area (Å²) in [6.45, 7) is 6.06. The first kappa shape index (κ1) is 16.5. The van der Waals surface area contributed by atoms with Crippen molar-refractivity contribution in [2.45, 2.75) is 52.2 Å². The Balaban J connectivity index is 2.54. The standard InChI is InChI=1S/C16H25NO3/c1-12(2)20-15-8-6-7-14(11-15)13(3)17-16(19)9-4-5-10-18/h6-8,11-13,18H,4-5,9-10H2,1-3H3,(H,17,19). The summed E-state index contributed by atoms with van der Waals surface area (Å²) in [5.74, 6) is 0.833. The molecule has 0 fully saturated rings. The Hall–Kier alpha value is -1.55. The van der Waals surface area contributed by atoms with E-state index in [-0.39, 0.29) is 24.7 Å². The van der Waals surface area contributed by atoms with Gasteiger partial charge in [-0.3, -0.25) is 4.79 Å². The summed E-state index contributed by atoms with van der Waals surface area (Å²) < 4.78 is 5.65. The highest BCUT2D eigenvalue weighted by molar-refractivity contribution is 5.76. The number of nitrogens with one attached hydrogen (secondary N) is 1. The third kappa shape index (κ3) is 6.06. The molecule has 0 bridgehead atoms.